The molecule has 112 valence electrons. The molecule has 2 N–H and O–H groups in total. The highest BCUT2D eigenvalue weighted by molar-refractivity contribution is 9.10. The summed E-state index contributed by atoms with van der Waals surface area (Å²) >= 11 is 15.1. The molecule has 8 heteroatoms. The fraction of sp³-hybridized carbons (Fsp3) is 0.0769. The Hall–Kier alpha value is -0.790. The Morgan fingerprint density at radius 3 is 2.33 bits per heavy atom. The van der Waals surface area contributed by atoms with Gasteiger partial charge in [-0.3, -0.25) is 4.72 Å². The minimum Gasteiger partial charge on any atom is -0.392 e. The Labute approximate surface area is 140 Å². The summed E-state index contributed by atoms with van der Waals surface area (Å²) in [5, 5.41) is 9.51. The molecule has 0 unspecified atom stereocenters. The van der Waals surface area contributed by atoms with E-state index in [-0.39, 0.29) is 27.2 Å². The van der Waals surface area contributed by atoms with Gasteiger partial charge >= 0.3 is 0 Å². The maximum Gasteiger partial charge on any atom is 0.263 e. The third-order valence-corrected chi connectivity index (χ3v) is 5.64. The predicted octanol–water partition coefficient (Wildman–Crippen LogP) is 4.05. The Morgan fingerprint density at radius 1 is 1.14 bits per heavy atom. The molecule has 0 fully saturated rings. The van der Waals surface area contributed by atoms with E-state index in [1.54, 1.807) is 18.2 Å². The van der Waals surface area contributed by atoms with E-state index in [9.17, 15) is 8.42 Å². The third-order valence-electron chi connectivity index (χ3n) is 2.67. The largest absolute Gasteiger partial charge is 0.392 e. The molecule has 0 saturated carbocycles. The SMILES string of the molecule is O=S(=O)(Nc1c(Cl)cccc1Cl)c1cc(CO)ccc1Br. The Bertz CT molecular complexity index is 761. The van der Waals surface area contributed by atoms with Crippen molar-refractivity contribution in [3.05, 3.63) is 56.5 Å². The van der Waals surface area contributed by atoms with Crippen LogP contribution in [0.15, 0.2) is 45.8 Å². The number of rotatable bonds is 4. The first-order valence-electron chi connectivity index (χ1n) is 5.71. The van der Waals surface area contributed by atoms with Gasteiger partial charge in [0.05, 0.1) is 22.3 Å². The average Bonchev–Trinajstić information content (AvgIpc) is 2.43. The number of hydrogen-bond donors (Lipinski definition) is 2. The van der Waals surface area contributed by atoms with Gasteiger partial charge in [-0.1, -0.05) is 35.3 Å². The predicted molar refractivity (Wildman–Crippen MR) is 87.3 cm³/mol. The van der Waals surface area contributed by atoms with Crippen LogP contribution in [0.5, 0.6) is 0 Å². The van der Waals surface area contributed by atoms with Crippen molar-refractivity contribution in [3.63, 3.8) is 0 Å². The number of aliphatic hydroxyl groups is 1. The zero-order valence-electron chi connectivity index (χ0n) is 10.5. The number of nitrogens with one attached hydrogen (secondary N) is 1. The van der Waals surface area contributed by atoms with Crippen molar-refractivity contribution < 1.29 is 13.5 Å². The zero-order valence-corrected chi connectivity index (χ0v) is 14.4. The molecule has 2 aromatic rings. The van der Waals surface area contributed by atoms with Gasteiger partial charge in [-0.25, -0.2) is 8.42 Å². The molecule has 0 bridgehead atoms. The van der Waals surface area contributed by atoms with Crippen molar-refractivity contribution in [2.24, 2.45) is 0 Å². The first-order chi connectivity index (χ1) is 9.85. The molecule has 2 rings (SSSR count). The summed E-state index contributed by atoms with van der Waals surface area (Å²) in [5.74, 6) is 0. The van der Waals surface area contributed by atoms with Gasteiger partial charge in [-0.2, -0.15) is 0 Å². The highest BCUT2D eigenvalue weighted by atomic mass is 79.9. The molecule has 0 heterocycles. The maximum atomic E-state index is 12.5. The zero-order chi connectivity index (χ0) is 15.6. The second-order valence-electron chi connectivity index (χ2n) is 4.13. The molecule has 0 spiro atoms. The Balaban J connectivity index is 2.48. The normalized spacial score (nSPS) is 11.4. The van der Waals surface area contributed by atoms with Crippen LogP contribution in [-0.4, -0.2) is 13.5 Å². The number of hydrogen-bond acceptors (Lipinski definition) is 3. The van der Waals surface area contributed by atoms with Gasteiger partial charge in [-0.05, 0) is 45.8 Å². The Morgan fingerprint density at radius 2 is 1.76 bits per heavy atom. The third kappa shape index (κ3) is 3.70. The lowest BCUT2D eigenvalue weighted by Crippen LogP contribution is -2.14. The molecule has 0 aliphatic heterocycles. The van der Waals surface area contributed by atoms with Crippen LogP contribution in [0, 0.1) is 0 Å². The minimum absolute atomic E-state index is 0.00923. The molecule has 0 aliphatic carbocycles. The lowest BCUT2D eigenvalue weighted by Gasteiger charge is -2.13. The van der Waals surface area contributed by atoms with Crippen molar-refractivity contribution in [3.8, 4) is 0 Å². The van der Waals surface area contributed by atoms with E-state index < -0.39 is 10.0 Å². The van der Waals surface area contributed by atoms with Crippen molar-refractivity contribution in [2.45, 2.75) is 11.5 Å². The maximum absolute atomic E-state index is 12.5. The molecule has 0 aliphatic rings. The van der Waals surface area contributed by atoms with Crippen LogP contribution in [0.25, 0.3) is 0 Å². The molecule has 2 aromatic carbocycles. The van der Waals surface area contributed by atoms with E-state index in [2.05, 4.69) is 20.7 Å². The van der Waals surface area contributed by atoms with Crippen LogP contribution in [0.1, 0.15) is 5.56 Å². The summed E-state index contributed by atoms with van der Waals surface area (Å²) in [6.07, 6.45) is 0. The Kier molecular flexibility index (Phi) is 5.16. The van der Waals surface area contributed by atoms with E-state index in [0.29, 0.717) is 10.0 Å². The number of para-hydroxylation sites is 1. The van der Waals surface area contributed by atoms with Gasteiger partial charge in [0.1, 0.15) is 4.90 Å². The quantitative estimate of drug-likeness (QED) is 0.798. The van der Waals surface area contributed by atoms with E-state index in [1.807, 2.05) is 0 Å². The number of anilines is 1. The fourth-order valence-electron chi connectivity index (χ4n) is 1.64. The first kappa shape index (κ1) is 16.6. The van der Waals surface area contributed by atoms with E-state index in [1.165, 1.54) is 18.2 Å². The van der Waals surface area contributed by atoms with Crippen molar-refractivity contribution in [2.75, 3.05) is 4.72 Å². The standard InChI is InChI=1S/C13H10BrCl2NO3S/c14-9-5-4-8(7-18)6-12(9)21(19,20)17-13-10(15)2-1-3-11(13)16/h1-6,17-18H,7H2. The minimum atomic E-state index is -3.90. The van der Waals surface area contributed by atoms with Crippen molar-refractivity contribution in [1.29, 1.82) is 0 Å². The highest BCUT2D eigenvalue weighted by Crippen LogP contribution is 2.33. The van der Waals surface area contributed by atoms with Crippen molar-refractivity contribution in [1.82, 2.24) is 0 Å². The smallest absolute Gasteiger partial charge is 0.263 e. The van der Waals surface area contributed by atoms with Crippen LogP contribution in [0.3, 0.4) is 0 Å². The summed E-state index contributed by atoms with van der Waals surface area (Å²) in [6.45, 7) is -0.261. The second-order valence-corrected chi connectivity index (χ2v) is 7.44. The van der Waals surface area contributed by atoms with E-state index in [0.717, 1.165) is 0 Å². The number of benzene rings is 2. The highest BCUT2D eigenvalue weighted by Gasteiger charge is 2.20. The first-order valence-corrected chi connectivity index (χ1v) is 8.74. The fourth-order valence-corrected chi connectivity index (χ4v) is 4.36. The van der Waals surface area contributed by atoms with Gasteiger partial charge in [0.2, 0.25) is 0 Å². The monoisotopic (exact) mass is 409 g/mol. The van der Waals surface area contributed by atoms with E-state index >= 15 is 0 Å². The molecule has 21 heavy (non-hydrogen) atoms. The average molecular weight is 411 g/mol. The number of aliphatic hydroxyl groups excluding tert-OH is 1. The molecule has 0 atom stereocenters. The van der Waals surface area contributed by atoms with Gasteiger partial charge in [-0.15, -0.1) is 0 Å². The van der Waals surface area contributed by atoms with Gasteiger partial charge in [0.25, 0.3) is 10.0 Å². The molecule has 0 aromatic heterocycles. The lowest BCUT2D eigenvalue weighted by atomic mass is 10.2. The molecular weight excluding hydrogens is 401 g/mol. The molecule has 0 radical (unpaired) electrons. The van der Waals surface area contributed by atoms with Crippen LogP contribution < -0.4 is 4.72 Å². The molecule has 0 amide bonds. The molecule has 4 nitrogen and oxygen atoms in total. The van der Waals surface area contributed by atoms with Crippen LogP contribution in [-0.2, 0) is 16.6 Å². The summed E-state index contributed by atoms with van der Waals surface area (Å²) in [6, 6.07) is 9.22. The topological polar surface area (TPSA) is 66.4 Å². The number of sulfonamides is 1. The van der Waals surface area contributed by atoms with Crippen molar-refractivity contribution >= 4 is 54.8 Å². The summed E-state index contributed by atoms with van der Waals surface area (Å²) < 4.78 is 27.6. The van der Waals surface area contributed by atoms with Crippen LogP contribution in [0.4, 0.5) is 5.69 Å². The summed E-state index contributed by atoms with van der Waals surface area (Å²) in [5.41, 5.74) is 0.589. The van der Waals surface area contributed by atoms with Crippen LogP contribution >= 0.6 is 39.1 Å². The lowest BCUT2D eigenvalue weighted by molar-refractivity contribution is 0.281. The van der Waals surface area contributed by atoms with Crippen LogP contribution in [0.2, 0.25) is 10.0 Å². The number of halogens is 3. The molecular formula is C13H10BrCl2NO3S. The second kappa shape index (κ2) is 6.54. The summed E-state index contributed by atoms with van der Waals surface area (Å²) in [7, 11) is -3.90. The summed E-state index contributed by atoms with van der Waals surface area (Å²) in [4.78, 5) is -0.00923. The van der Waals surface area contributed by atoms with Gasteiger partial charge in [0.15, 0.2) is 0 Å². The molecule has 0 saturated heterocycles. The van der Waals surface area contributed by atoms with Gasteiger partial charge < -0.3 is 5.11 Å². The van der Waals surface area contributed by atoms with E-state index in [4.69, 9.17) is 28.3 Å². The van der Waals surface area contributed by atoms with Gasteiger partial charge in [0, 0.05) is 4.47 Å².